The lowest BCUT2D eigenvalue weighted by atomic mass is 10.1. The summed E-state index contributed by atoms with van der Waals surface area (Å²) in [6.07, 6.45) is 2.17. The Bertz CT molecular complexity index is 930. The molecule has 1 N–H and O–H groups in total. The van der Waals surface area contributed by atoms with Gasteiger partial charge in [0, 0.05) is 5.56 Å². The van der Waals surface area contributed by atoms with Gasteiger partial charge in [0.1, 0.15) is 11.9 Å². The van der Waals surface area contributed by atoms with Crippen molar-refractivity contribution in [1.82, 2.24) is 5.43 Å². The summed E-state index contributed by atoms with van der Waals surface area (Å²) in [5.41, 5.74) is 4.36. The molecule has 0 radical (unpaired) electrons. The average molecular weight is 364 g/mol. The van der Waals surface area contributed by atoms with Crippen molar-refractivity contribution in [3.8, 4) is 0 Å². The van der Waals surface area contributed by atoms with Crippen molar-refractivity contribution in [2.45, 2.75) is 6.92 Å². The second-order valence-electron chi connectivity index (χ2n) is 5.69. The fourth-order valence-corrected chi connectivity index (χ4v) is 2.54. The maximum Gasteiger partial charge on any atom is 0.338 e. The zero-order valence-electron chi connectivity index (χ0n) is 14.5. The van der Waals surface area contributed by atoms with Gasteiger partial charge in [-0.15, -0.1) is 0 Å². The number of hydrazine groups is 1. The number of anilines is 1. The summed E-state index contributed by atoms with van der Waals surface area (Å²) < 4.78 is 4.91. The van der Waals surface area contributed by atoms with Crippen LogP contribution >= 0.6 is 0 Å². The Morgan fingerprint density at radius 2 is 1.67 bits per heavy atom. The summed E-state index contributed by atoms with van der Waals surface area (Å²) in [5.74, 6) is -1.50. The fraction of sp³-hybridized carbons (Fsp3) is 0.100. The van der Waals surface area contributed by atoms with Gasteiger partial charge in [-0.3, -0.25) is 19.8 Å². The first-order valence-corrected chi connectivity index (χ1v) is 8.23. The Morgan fingerprint density at radius 3 is 2.26 bits per heavy atom. The van der Waals surface area contributed by atoms with Gasteiger partial charge in [0.2, 0.25) is 0 Å². The number of nitrogens with one attached hydrogen (secondary N) is 1. The monoisotopic (exact) mass is 364 g/mol. The van der Waals surface area contributed by atoms with Crippen molar-refractivity contribution in [3.63, 3.8) is 0 Å². The largest absolute Gasteiger partial charge is 0.462 e. The van der Waals surface area contributed by atoms with Crippen LogP contribution in [0.3, 0.4) is 0 Å². The molecule has 1 fully saturated rings. The lowest BCUT2D eigenvalue weighted by Gasteiger charge is -2.14. The molecule has 0 aliphatic carbocycles. The molecule has 0 atom stereocenters. The van der Waals surface area contributed by atoms with Crippen LogP contribution in [0.1, 0.15) is 33.2 Å². The molecule has 2 amide bonds. The number of carbonyl (C=O) groups is 4. The number of amides is 2. The Morgan fingerprint density at radius 1 is 1.04 bits per heavy atom. The molecule has 1 aliphatic heterocycles. The molecule has 2 aromatic rings. The molecule has 27 heavy (non-hydrogen) atoms. The van der Waals surface area contributed by atoms with Gasteiger partial charge >= 0.3 is 5.97 Å². The minimum absolute atomic E-state index is 0.0247. The Labute approximate surface area is 155 Å². The van der Waals surface area contributed by atoms with Gasteiger partial charge in [-0.1, -0.05) is 24.3 Å². The van der Waals surface area contributed by atoms with Gasteiger partial charge in [0.15, 0.2) is 0 Å². The third kappa shape index (κ3) is 3.77. The van der Waals surface area contributed by atoms with Gasteiger partial charge in [-0.2, -0.15) is 0 Å². The predicted molar refractivity (Wildman–Crippen MR) is 97.8 cm³/mol. The van der Waals surface area contributed by atoms with Gasteiger partial charge < -0.3 is 4.74 Å². The van der Waals surface area contributed by atoms with Gasteiger partial charge in [-0.25, -0.2) is 9.80 Å². The molecular weight excluding hydrogens is 348 g/mol. The molecule has 1 heterocycles. The highest BCUT2D eigenvalue weighted by atomic mass is 16.5. The molecule has 0 bridgehead atoms. The first kappa shape index (κ1) is 18.1. The third-order valence-corrected chi connectivity index (χ3v) is 3.91. The molecule has 2 aromatic carbocycles. The first-order valence-electron chi connectivity index (χ1n) is 8.23. The lowest BCUT2D eigenvalue weighted by Crippen LogP contribution is -2.35. The van der Waals surface area contributed by atoms with Gasteiger partial charge in [0.05, 0.1) is 17.9 Å². The molecule has 1 aliphatic rings. The summed E-state index contributed by atoms with van der Waals surface area (Å²) >= 11 is 0. The Hall–Kier alpha value is -3.74. The maximum absolute atomic E-state index is 12.6. The van der Waals surface area contributed by atoms with E-state index in [1.807, 2.05) is 0 Å². The highest BCUT2D eigenvalue weighted by Crippen LogP contribution is 2.22. The standard InChI is InChI=1S/C20H16N2O5/c1-2-27-20(26)15-7-9-16(10-8-15)22-19(25)17(18(24)21-22)11-13-3-5-14(12-23)6-4-13/h3-12H,2H2,1H3,(H,21,24). The number of benzene rings is 2. The number of carbonyl (C=O) groups excluding carboxylic acids is 4. The van der Waals surface area contributed by atoms with Crippen LogP contribution in [0.5, 0.6) is 0 Å². The van der Waals surface area contributed by atoms with E-state index in [9.17, 15) is 19.2 Å². The highest BCUT2D eigenvalue weighted by Gasteiger charge is 2.34. The van der Waals surface area contributed by atoms with E-state index in [2.05, 4.69) is 5.43 Å². The van der Waals surface area contributed by atoms with Crippen LogP contribution in [0.15, 0.2) is 54.1 Å². The average Bonchev–Trinajstić information content (AvgIpc) is 2.97. The summed E-state index contributed by atoms with van der Waals surface area (Å²) in [7, 11) is 0. The molecule has 7 nitrogen and oxygen atoms in total. The zero-order valence-corrected chi connectivity index (χ0v) is 14.5. The highest BCUT2D eigenvalue weighted by molar-refractivity contribution is 6.31. The van der Waals surface area contributed by atoms with E-state index in [1.54, 1.807) is 43.3 Å². The number of aldehydes is 1. The van der Waals surface area contributed by atoms with Crippen molar-refractivity contribution in [3.05, 3.63) is 70.8 Å². The molecule has 7 heteroatoms. The van der Waals surface area contributed by atoms with Crippen molar-refractivity contribution in [1.29, 1.82) is 0 Å². The molecular formula is C20H16N2O5. The van der Waals surface area contributed by atoms with E-state index in [-0.39, 0.29) is 12.2 Å². The van der Waals surface area contributed by atoms with Crippen molar-refractivity contribution in [2.75, 3.05) is 11.6 Å². The van der Waals surface area contributed by atoms with Crippen LogP contribution in [0.2, 0.25) is 0 Å². The van der Waals surface area contributed by atoms with Crippen molar-refractivity contribution >= 4 is 35.8 Å². The second-order valence-corrected chi connectivity index (χ2v) is 5.69. The smallest absolute Gasteiger partial charge is 0.338 e. The minimum atomic E-state index is -0.533. The summed E-state index contributed by atoms with van der Waals surface area (Å²) in [6, 6.07) is 12.6. The summed E-state index contributed by atoms with van der Waals surface area (Å²) in [4.78, 5) is 47.2. The molecule has 3 rings (SSSR count). The van der Waals surface area contributed by atoms with E-state index in [0.29, 0.717) is 28.7 Å². The molecule has 0 aromatic heterocycles. The number of ether oxygens (including phenoxy) is 1. The molecule has 1 saturated heterocycles. The Kier molecular flexibility index (Phi) is 5.12. The topological polar surface area (TPSA) is 92.8 Å². The molecule has 0 spiro atoms. The van der Waals surface area contributed by atoms with Crippen LogP contribution < -0.4 is 10.4 Å². The van der Waals surface area contributed by atoms with Crippen LogP contribution in [0.25, 0.3) is 6.08 Å². The summed E-state index contributed by atoms with van der Waals surface area (Å²) in [6.45, 7) is 1.98. The Balaban J connectivity index is 1.82. The van der Waals surface area contributed by atoms with Crippen LogP contribution in [-0.4, -0.2) is 30.7 Å². The predicted octanol–water partition coefficient (Wildman–Crippen LogP) is 2.14. The quantitative estimate of drug-likeness (QED) is 0.380. The fourth-order valence-electron chi connectivity index (χ4n) is 2.54. The van der Waals surface area contributed by atoms with E-state index in [4.69, 9.17) is 4.74 Å². The number of rotatable bonds is 5. The number of nitrogens with zero attached hydrogens (tertiary/aromatic N) is 1. The normalized spacial score (nSPS) is 15.0. The van der Waals surface area contributed by atoms with E-state index in [1.165, 1.54) is 18.2 Å². The lowest BCUT2D eigenvalue weighted by molar-refractivity contribution is -0.117. The third-order valence-electron chi connectivity index (χ3n) is 3.91. The van der Waals surface area contributed by atoms with E-state index in [0.717, 1.165) is 5.01 Å². The van der Waals surface area contributed by atoms with Crippen LogP contribution in [0, 0.1) is 0 Å². The molecule has 0 unspecified atom stereocenters. The summed E-state index contributed by atoms with van der Waals surface area (Å²) in [5, 5.41) is 1.11. The van der Waals surface area contributed by atoms with Crippen molar-refractivity contribution in [2.24, 2.45) is 0 Å². The SMILES string of the molecule is CCOC(=O)c1ccc(N2NC(=O)C(=Cc3ccc(C=O)cc3)C2=O)cc1. The zero-order chi connectivity index (χ0) is 19.4. The molecule has 136 valence electrons. The van der Waals surface area contributed by atoms with Crippen LogP contribution in [-0.2, 0) is 14.3 Å². The maximum atomic E-state index is 12.6. The van der Waals surface area contributed by atoms with Crippen molar-refractivity contribution < 1.29 is 23.9 Å². The number of hydrogen-bond donors (Lipinski definition) is 1. The minimum Gasteiger partial charge on any atom is -0.462 e. The number of hydrogen-bond acceptors (Lipinski definition) is 5. The molecule has 0 saturated carbocycles. The van der Waals surface area contributed by atoms with Gasteiger partial charge in [0.25, 0.3) is 11.8 Å². The number of esters is 1. The van der Waals surface area contributed by atoms with Crippen LogP contribution in [0.4, 0.5) is 5.69 Å². The van der Waals surface area contributed by atoms with Gasteiger partial charge in [-0.05, 0) is 42.8 Å². The van der Waals surface area contributed by atoms with E-state index >= 15 is 0 Å². The van der Waals surface area contributed by atoms with E-state index < -0.39 is 17.8 Å². The second kappa shape index (κ2) is 7.65. The first-order chi connectivity index (χ1) is 13.0.